The Labute approximate surface area is 204 Å². The molecule has 0 aliphatic carbocycles. The lowest BCUT2D eigenvalue weighted by molar-refractivity contribution is 0.0739. The standard InChI is InChI=1S/C25H31ClN6O2/c1-17(2)20-15-19(28-32(20)25(3,4)5)23(33)30-13-11-29(12-14-30)21-16-27-31(24(34)22(21)26)18-9-7-6-8-10-18/h6-10,15-17H,11-14H2,1-5H3. The van der Waals surface area contributed by atoms with E-state index in [1.165, 1.54) is 4.68 Å². The molecule has 0 unspecified atom stereocenters. The van der Waals surface area contributed by atoms with Crippen molar-refractivity contribution in [1.82, 2.24) is 24.5 Å². The summed E-state index contributed by atoms with van der Waals surface area (Å²) in [4.78, 5) is 29.9. The van der Waals surface area contributed by atoms with Crippen molar-refractivity contribution in [2.45, 2.75) is 46.1 Å². The largest absolute Gasteiger partial charge is 0.365 e. The summed E-state index contributed by atoms with van der Waals surface area (Å²) in [6.45, 7) is 12.6. The number of piperazine rings is 1. The van der Waals surface area contributed by atoms with Gasteiger partial charge >= 0.3 is 0 Å². The molecule has 0 atom stereocenters. The first-order chi connectivity index (χ1) is 16.1. The third-order valence-corrected chi connectivity index (χ3v) is 6.35. The summed E-state index contributed by atoms with van der Waals surface area (Å²) >= 11 is 6.46. The van der Waals surface area contributed by atoms with Crippen LogP contribution in [0.25, 0.3) is 5.69 Å². The minimum absolute atomic E-state index is 0.0757. The number of aromatic nitrogens is 4. The molecule has 1 amide bonds. The fourth-order valence-corrected chi connectivity index (χ4v) is 4.41. The molecule has 1 aliphatic rings. The molecule has 1 fully saturated rings. The number of halogens is 1. The molecule has 8 nitrogen and oxygen atoms in total. The summed E-state index contributed by atoms with van der Waals surface area (Å²) in [6, 6.07) is 11.1. The van der Waals surface area contributed by atoms with Crippen molar-refractivity contribution in [3.63, 3.8) is 0 Å². The van der Waals surface area contributed by atoms with E-state index in [1.807, 2.05) is 38.7 Å². The number of amides is 1. The van der Waals surface area contributed by atoms with Crippen molar-refractivity contribution in [2.75, 3.05) is 31.1 Å². The van der Waals surface area contributed by atoms with E-state index < -0.39 is 0 Å². The van der Waals surface area contributed by atoms with Crippen molar-refractivity contribution < 1.29 is 4.79 Å². The Morgan fingerprint density at radius 2 is 1.71 bits per heavy atom. The van der Waals surface area contributed by atoms with E-state index >= 15 is 0 Å². The van der Waals surface area contributed by atoms with E-state index in [1.54, 1.807) is 18.3 Å². The SMILES string of the molecule is CC(C)c1cc(C(=O)N2CCN(c3cnn(-c4ccccc4)c(=O)c3Cl)CC2)nn1C(C)(C)C. The third-order valence-electron chi connectivity index (χ3n) is 5.99. The van der Waals surface area contributed by atoms with Gasteiger partial charge in [0.1, 0.15) is 5.02 Å². The lowest BCUT2D eigenvalue weighted by atomic mass is 10.1. The van der Waals surface area contributed by atoms with E-state index in [0.29, 0.717) is 43.2 Å². The molecule has 0 bridgehead atoms. The smallest absolute Gasteiger partial charge is 0.292 e. The van der Waals surface area contributed by atoms with Crippen LogP contribution in [0.2, 0.25) is 5.02 Å². The van der Waals surface area contributed by atoms with Gasteiger partial charge in [-0.2, -0.15) is 14.9 Å². The fraction of sp³-hybridized carbons (Fsp3) is 0.440. The molecule has 4 rings (SSSR count). The van der Waals surface area contributed by atoms with Gasteiger partial charge in [0.15, 0.2) is 5.69 Å². The second-order valence-corrected chi connectivity index (χ2v) is 10.2. The molecular weight excluding hydrogens is 452 g/mol. The van der Waals surface area contributed by atoms with Gasteiger partial charge in [-0.05, 0) is 44.9 Å². The molecular formula is C25H31ClN6O2. The van der Waals surface area contributed by atoms with Gasteiger partial charge < -0.3 is 9.80 Å². The molecule has 0 saturated carbocycles. The summed E-state index contributed by atoms with van der Waals surface area (Å²) in [6.07, 6.45) is 1.62. The quantitative estimate of drug-likeness (QED) is 0.563. The van der Waals surface area contributed by atoms with Crippen molar-refractivity contribution in [3.8, 4) is 5.69 Å². The van der Waals surface area contributed by atoms with E-state index in [0.717, 1.165) is 5.69 Å². The number of hydrogen-bond acceptors (Lipinski definition) is 5. The lowest BCUT2D eigenvalue weighted by Gasteiger charge is -2.35. The third kappa shape index (κ3) is 4.59. The van der Waals surface area contributed by atoms with E-state index in [9.17, 15) is 9.59 Å². The Kier molecular flexibility index (Phi) is 6.53. The molecule has 9 heteroatoms. The molecule has 3 heterocycles. The summed E-state index contributed by atoms with van der Waals surface area (Å²) < 4.78 is 3.25. The minimum Gasteiger partial charge on any atom is -0.365 e. The van der Waals surface area contributed by atoms with Gasteiger partial charge in [0.2, 0.25) is 0 Å². The van der Waals surface area contributed by atoms with Crippen LogP contribution in [0.4, 0.5) is 5.69 Å². The van der Waals surface area contributed by atoms with Gasteiger partial charge in [-0.15, -0.1) is 0 Å². The molecule has 1 saturated heterocycles. The van der Waals surface area contributed by atoms with Crippen molar-refractivity contribution in [3.05, 3.63) is 69.4 Å². The zero-order valence-electron chi connectivity index (χ0n) is 20.3. The van der Waals surface area contributed by atoms with Crippen molar-refractivity contribution in [1.29, 1.82) is 0 Å². The van der Waals surface area contributed by atoms with Crippen LogP contribution < -0.4 is 10.5 Å². The van der Waals surface area contributed by atoms with Crippen LogP contribution in [0.15, 0.2) is 47.4 Å². The zero-order valence-corrected chi connectivity index (χ0v) is 21.1. The van der Waals surface area contributed by atoms with Gasteiger partial charge in [0.25, 0.3) is 11.5 Å². The van der Waals surface area contributed by atoms with Crippen molar-refractivity contribution in [2.24, 2.45) is 0 Å². The highest BCUT2D eigenvalue weighted by Crippen LogP contribution is 2.26. The van der Waals surface area contributed by atoms with Crippen LogP contribution in [-0.4, -0.2) is 56.5 Å². The number of anilines is 1. The van der Waals surface area contributed by atoms with E-state index in [-0.39, 0.29) is 27.9 Å². The second-order valence-electron chi connectivity index (χ2n) is 9.87. The average molecular weight is 483 g/mol. The summed E-state index contributed by atoms with van der Waals surface area (Å²) in [5, 5.41) is 9.11. The summed E-state index contributed by atoms with van der Waals surface area (Å²) in [5.74, 6) is 0.186. The number of hydrogen-bond donors (Lipinski definition) is 0. The highest BCUT2D eigenvalue weighted by molar-refractivity contribution is 6.33. The Morgan fingerprint density at radius 1 is 1.06 bits per heavy atom. The zero-order chi connectivity index (χ0) is 24.6. The maximum atomic E-state index is 13.2. The normalized spacial score (nSPS) is 14.7. The molecule has 2 aromatic heterocycles. The maximum absolute atomic E-state index is 13.2. The van der Waals surface area contributed by atoms with Crippen molar-refractivity contribution >= 4 is 23.2 Å². The van der Waals surface area contributed by atoms with E-state index in [4.69, 9.17) is 11.6 Å². The molecule has 34 heavy (non-hydrogen) atoms. The molecule has 180 valence electrons. The lowest BCUT2D eigenvalue weighted by Crippen LogP contribution is -2.49. The number of nitrogens with zero attached hydrogens (tertiary/aromatic N) is 6. The molecule has 0 radical (unpaired) electrons. The highest BCUT2D eigenvalue weighted by Gasteiger charge is 2.29. The monoisotopic (exact) mass is 482 g/mol. The summed E-state index contributed by atoms with van der Waals surface area (Å²) in [5.41, 5.74) is 2.19. The van der Waals surface area contributed by atoms with Crippen LogP contribution in [0.5, 0.6) is 0 Å². The van der Waals surface area contributed by atoms with Crippen LogP contribution >= 0.6 is 11.6 Å². The Balaban J connectivity index is 1.49. The minimum atomic E-state index is -0.363. The van der Waals surface area contributed by atoms with Crippen LogP contribution in [0, 0.1) is 0 Å². The Morgan fingerprint density at radius 3 is 2.26 bits per heavy atom. The van der Waals surface area contributed by atoms with Gasteiger partial charge in [-0.25, -0.2) is 0 Å². The first kappa shape index (κ1) is 24.0. The summed E-state index contributed by atoms with van der Waals surface area (Å²) in [7, 11) is 0. The molecule has 0 spiro atoms. The Hall–Kier alpha value is -3.13. The number of benzene rings is 1. The number of para-hydroxylation sites is 1. The molecule has 3 aromatic rings. The number of carbonyl (C=O) groups is 1. The predicted octanol–water partition coefficient (Wildman–Crippen LogP) is 3.92. The first-order valence-corrected chi connectivity index (χ1v) is 11.9. The van der Waals surface area contributed by atoms with Gasteiger partial charge in [0, 0.05) is 31.9 Å². The number of rotatable bonds is 4. The topological polar surface area (TPSA) is 76.3 Å². The molecule has 1 aliphatic heterocycles. The molecule has 0 N–H and O–H groups in total. The fourth-order valence-electron chi connectivity index (χ4n) is 4.16. The van der Waals surface area contributed by atoms with Crippen LogP contribution in [0.1, 0.15) is 56.7 Å². The van der Waals surface area contributed by atoms with E-state index in [2.05, 4.69) is 44.8 Å². The van der Waals surface area contributed by atoms with Gasteiger partial charge in [-0.3, -0.25) is 14.3 Å². The predicted molar refractivity (Wildman–Crippen MR) is 134 cm³/mol. The first-order valence-electron chi connectivity index (χ1n) is 11.6. The van der Waals surface area contributed by atoms with Crippen LogP contribution in [-0.2, 0) is 5.54 Å². The maximum Gasteiger partial charge on any atom is 0.292 e. The number of carbonyl (C=O) groups excluding carboxylic acids is 1. The second kappa shape index (κ2) is 9.25. The Bertz CT molecular complexity index is 1230. The van der Waals surface area contributed by atoms with Gasteiger partial charge in [0.05, 0.1) is 23.1 Å². The molecule has 1 aromatic carbocycles. The highest BCUT2D eigenvalue weighted by atomic mass is 35.5. The van der Waals surface area contributed by atoms with Crippen LogP contribution in [0.3, 0.4) is 0 Å². The average Bonchev–Trinajstić information content (AvgIpc) is 3.28. The van der Waals surface area contributed by atoms with Gasteiger partial charge in [-0.1, -0.05) is 43.6 Å².